The molecule has 0 spiro atoms. The SMILES string of the molecule is COc1cc(C=NNC(=O)CNc2cccc3ccccc23)ccc1OC(=O)c1ccccc1. The second kappa shape index (κ2) is 10.8. The Hall–Kier alpha value is -4.65. The molecule has 1 amide bonds. The average molecular weight is 453 g/mol. The van der Waals surface area contributed by atoms with E-state index in [1.807, 2.05) is 48.5 Å². The molecule has 0 aromatic heterocycles. The summed E-state index contributed by atoms with van der Waals surface area (Å²) in [6.07, 6.45) is 1.49. The van der Waals surface area contributed by atoms with Crippen molar-refractivity contribution in [2.24, 2.45) is 5.10 Å². The van der Waals surface area contributed by atoms with Crippen molar-refractivity contribution in [3.05, 3.63) is 102 Å². The maximum atomic E-state index is 12.3. The summed E-state index contributed by atoms with van der Waals surface area (Å²) in [5.41, 5.74) is 4.48. The Bertz CT molecular complexity index is 1330. The summed E-state index contributed by atoms with van der Waals surface area (Å²) < 4.78 is 10.8. The van der Waals surface area contributed by atoms with Crippen LogP contribution in [0, 0.1) is 0 Å². The van der Waals surface area contributed by atoms with Crippen molar-refractivity contribution in [3.63, 3.8) is 0 Å². The number of amides is 1. The predicted molar refractivity (Wildman–Crippen MR) is 133 cm³/mol. The van der Waals surface area contributed by atoms with Gasteiger partial charge < -0.3 is 14.8 Å². The lowest BCUT2D eigenvalue weighted by atomic mass is 10.1. The molecular formula is C27H23N3O4. The highest BCUT2D eigenvalue weighted by atomic mass is 16.6. The molecule has 170 valence electrons. The van der Waals surface area contributed by atoms with Gasteiger partial charge in [-0.05, 0) is 47.3 Å². The molecule has 0 saturated heterocycles. The van der Waals surface area contributed by atoms with Gasteiger partial charge in [0, 0.05) is 11.1 Å². The van der Waals surface area contributed by atoms with E-state index >= 15 is 0 Å². The highest BCUT2D eigenvalue weighted by Gasteiger charge is 2.12. The van der Waals surface area contributed by atoms with Crippen LogP contribution in [0.3, 0.4) is 0 Å². The van der Waals surface area contributed by atoms with Crippen LogP contribution in [-0.4, -0.2) is 31.7 Å². The van der Waals surface area contributed by atoms with Crippen molar-refractivity contribution >= 4 is 34.6 Å². The van der Waals surface area contributed by atoms with Crippen LogP contribution in [0.2, 0.25) is 0 Å². The molecule has 0 aliphatic heterocycles. The number of benzene rings is 4. The molecule has 0 heterocycles. The first kappa shape index (κ1) is 22.5. The van der Waals surface area contributed by atoms with E-state index in [-0.39, 0.29) is 18.2 Å². The second-order valence-corrected chi connectivity index (χ2v) is 7.34. The number of fused-ring (bicyclic) bond motifs is 1. The van der Waals surface area contributed by atoms with Gasteiger partial charge >= 0.3 is 5.97 Å². The number of hydrogen-bond acceptors (Lipinski definition) is 6. The quantitative estimate of drug-likeness (QED) is 0.176. The third kappa shape index (κ3) is 5.58. The maximum absolute atomic E-state index is 12.3. The summed E-state index contributed by atoms with van der Waals surface area (Å²) in [5, 5.41) is 9.28. The van der Waals surface area contributed by atoms with Crippen LogP contribution in [0.1, 0.15) is 15.9 Å². The Labute approximate surface area is 197 Å². The average Bonchev–Trinajstić information content (AvgIpc) is 2.88. The highest BCUT2D eigenvalue weighted by Crippen LogP contribution is 2.28. The van der Waals surface area contributed by atoms with E-state index < -0.39 is 5.97 Å². The summed E-state index contributed by atoms with van der Waals surface area (Å²) in [6, 6.07) is 27.5. The topological polar surface area (TPSA) is 89.0 Å². The van der Waals surface area contributed by atoms with Gasteiger partial charge in [-0.3, -0.25) is 4.79 Å². The van der Waals surface area contributed by atoms with E-state index in [9.17, 15) is 9.59 Å². The van der Waals surface area contributed by atoms with E-state index in [4.69, 9.17) is 9.47 Å². The molecule has 0 bridgehead atoms. The number of carbonyl (C=O) groups excluding carboxylic acids is 2. The van der Waals surface area contributed by atoms with Gasteiger partial charge in [0.25, 0.3) is 5.91 Å². The molecular weight excluding hydrogens is 430 g/mol. The molecule has 4 rings (SSSR count). The van der Waals surface area contributed by atoms with Gasteiger partial charge in [-0.25, -0.2) is 10.2 Å². The van der Waals surface area contributed by atoms with Gasteiger partial charge in [-0.2, -0.15) is 5.10 Å². The summed E-state index contributed by atoms with van der Waals surface area (Å²) in [6.45, 7) is 0.0725. The van der Waals surface area contributed by atoms with Crippen LogP contribution in [0.4, 0.5) is 5.69 Å². The number of esters is 1. The molecule has 2 N–H and O–H groups in total. The molecule has 7 nitrogen and oxygen atoms in total. The fraction of sp³-hybridized carbons (Fsp3) is 0.0741. The van der Waals surface area contributed by atoms with E-state index in [2.05, 4.69) is 15.8 Å². The largest absolute Gasteiger partial charge is 0.493 e. The lowest BCUT2D eigenvalue weighted by molar-refractivity contribution is -0.119. The van der Waals surface area contributed by atoms with Crippen molar-refractivity contribution in [1.29, 1.82) is 0 Å². The van der Waals surface area contributed by atoms with Crippen LogP contribution >= 0.6 is 0 Å². The Morgan fingerprint density at radius 1 is 0.882 bits per heavy atom. The third-order valence-corrected chi connectivity index (χ3v) is 5.03. The van der Waals surface area contributed by atoms with E-state index in [0.717, 1.165) is 16.5 Å². The van der Waals surface area contributed by atoms with Gasteiger partial charge in [-0.15, -0.1) is 0 Å². The van der Waals surface area contributed by atoms with E-state index in [1.165, 1.54) is 13.3 Å². The van der Waals surface area contributed by atoms with Crippen molar-refractivity contribution < 1.29 is 19.1 Å². The minimum atomic E-state index is -0.480. The fourth-order valence-electron chi connectivity index (χ4n) is 3.36. The fourth-order valence-corrected chi connectivity index (χ4v) is 3.36. The Morgan fingerprint density at radius 2 is 1.65 bits per heavy atom. The lowest BCUT2D eigenvalue weighted by Gasteiger charge is -2.10. The van der Waals surface area contributed by atoms with Crippen molar-refractivity contribution in [2.45, 2.75) is 0 Å². The smallest absolute Gasteiger partial charge is 0.343 e. The predicted octanol–water partition coefficient (Wildman–Crippen LogP) is 4.63. The van der Waals surface area contributed by atoms with Crippen LogP contribution in [0.5, 0.6) is 11.5 Å². The molecule has 0 aliphatic rings. The zero-order valence-electron chi connectivity index (χ0n) is 18.5. The van der Waals surface area contributed by atoms with Crippen LogP contribution in [0.15, 0.2) is 96.1 Å². The first-order valence-corrected chi connectivity index (χ1v) is 10.6. The van der Waals surface area contributed by atoms with Crippen molar-refractivity contribution in [3.8, 4) is 11.5 Å². The number of anilines is 1. The number of ether oxygens (including phenoxy) is 2. The zero-order valence-corrected chi connectivity index (χ0v) is 18.5. The minimum Gasteiger partial charge on any atom is -0.493 e. The molecule has 0 saturated carbocycles. The van der Waals surface area contributed by atoms with E-state index in [1.54, 1.807) is 42.5 Å². The zero-order chi connectivity index (χ0) is 23.8. The first-order valence-electron chi connectivity index (χ1n) is 10.6. The van der Waals surface area contributed by atoms with Gasteiger partial charge in [-0.1, -0.05) is 54.6 Å². The summed E-state index contributed by atoms with van der Waals surface area (Å²) in [5.74, 6) is -0.107. The summed E-state index contributed by atoms with van der Waals surface area (Å²) >= 11 is 0. The lowest BCUT2D eigenvalue weighted by Crippen LogP contribution is -2.25. The third-order valence-electron chi connectivity index (χ3n) is 5.03. The number of hydrazone groups is 1. The Balaban J connectivity index is 1.34. The van der Waals surface area contributed by atoms with Crippen molar-refractivity contribution in [1.82, 2.24) is 5.43 Å². The summed E-state index contributed by atoms with van der Waals surface area (Å²) in [4.78, 5) is 24.5. The minimum absolute atomic E-state index is 0.0725. The highest BCUT2D eigenvalue weighted by molar-refractivity contribution is 5.95. The molecule has 34 heavy (non-hydrogen) atoms. The normalized spacial score (nSPS) is 10.7. The van der Waals surface area contributed by atoms with Crippen LogP contribution < -0.4 is 20.2 Å². The molecule has 0 aliphatic carbocycles. The molecule has 4 aromatic rings. The Kier molecular flexibility index (Phi) is 7.15. The number of carbonyl (C=O) groups is 2. The van der Waals surface area contributed by atoms with Gasteiger partial charge in [0.2, 0.25) is 0 Å². The molecule has 0 fully saturated rings. The molecule has 7 heteroatoms. The standard InChI is InChI=1S/C27H23N3O4/c1-33-25-16-19(14-15-24(25)34-27(32)21-9-3-2-4-10-21)17-29-30-26(31)18-28-23-13-7-11-20-8-5-6-12-22(20)23/h2-17,28H,18H2,1H3,(H,30,31). The van der Waals surface area contributed by atoms with Crippen LogP contribution in [-0.2, 0) is 4.79 Å². The van der Waals surface area contributed by atoms with Crippen LogP contribution in [0.25, 0.3) is 10.8 Å². The molecule has 0 radical (unpaired) electrons. The number of nitrogens with zero attached hydrogens (tertiary/aromatic N) is 1. The first-order chi connectivity index (χ1) is 16.6. The number of nitrogens with one attached hydrogen (secondary N) is 2. The molecule has 0 atom stereocenters. The maximum Gasteiger partial charge on any atom is 0.343 e. The van der Waals surface area contributed by atoms with Gasteiger partial charge in [0.1, 0.15) is 0 Å². The monoisotopic (exact) mass is 453 g/mol. The summed E-state index contributed by atoms with van der Waals surface area (Å²) in [7, 11) is 1.48. The number of hydrogen-bond donors (Lipinski definition) is 2. The van der Waals surface area contributed by atoms with Gasteiger partial charge in [0.15, 0.2) is 11.5 Å². The number of methoxy groups -OCH3 is 1. The number of rotatable bonds is 8. The molecule has 4 aromatic carbocycles. The van der Waals surface area contributed by atoms with E-state index in [0.29, 0.717) is 16.9 Å². The van der Waals surface area contributed by atoms with Gasteiger partial charge in [0.05, 0.1) is 25.4 Å². The van der Waals surface area contributed by atoms with Crippen molar-refractivity contribution in [2.75, 3.05) is 19.0 Å². The molecule has 0 unspecified atom stereocenters. The Morgan fingerprint density at radius 3 is 2.47 bits per heavy atom. The second-order valence-electron chi connectivity index (χ2n) is 7.34.